The highest BCUT2D eigenvalue weighted by atomic mass is 16.1. The van der Waals surface area contributed by atoms with Gasteiger partial charge in [-0.1, -0.05) is 0 Å². The van der Waals surface area contributed by atoms with Crippen LogP contribution in [0.5, 0.6) is 0 Å². The van der Waals surface area contributed by atoms with Crippen LogP contribution in [0.1, 0.15) is 11.4 Å². The van der Waals surface area contributed by atoms with Crippen molar-refractivity contribution in [3.8, 4) is 0 Å². The van der Waals surface area contributed by atoms with Crippen molar-refractivity contribution in [1.82, 2.24) is 9.97 Å². The van der Waals surface area contributed by atoms with Gasteiger partial charge in [0.1, 0.15) is 0 Å². The SMILES string of the molecule is Cc1nc(N)c(=O)[nH]c1C. The monoisotopic (exact) mass is 139 g/mol. The summed E-state index contributed by atoms with van der Waals surface area (Å²) in [5, 5.41) is 0. The Morgan fingerprint density at radius 2 is 2.10 bits per heavy atom. The van der Waals surface area contributed by atoms with Crippen LogP contribution in [-0.4, -0.2) is 9.97 Å². The molecule has 0 fully saturated rings. The molecule has 1 rings (SSSR count). The van der Waals surface area contributed by atoms with Crippen LogP contribution in [0.2, 0.25) is 0 Å². The molecule has 0 spiro atoms. The molecule has 0 amide bonds. The third-order valence-corrected chi connectivity index (χ3v) is 1.36. The molecule has 1 aromatic rings. The second-order valence-corrected chi connectivity index (χ2v) is 2.16. The largest absolute Gasteiger partial charge is 0.379 e. The molecular weight excluding hydrogens is 130 g/mol. The molecule has 10 heavy (non-hydrogen) atoms. The van der Waals surface area contributed by atoms with Crippen LogP contribution < -0.4 is 11.3 Å². The molecule has 1 aromatic heterocycles. The van der Waals surface area contributed by atoms with E-state index in [1.807, 2.05) is 0 Å². The summed E-state index contributed by atoms with van der Waals surface area (Å²) in [7, 11) is 0. The Labute approximate surface area is 58.1 Å². The summed E-state index contributed by atoms with van der Waals surface area (Å²) in [6, 6.07) is 0. The number of aromatic nitrogens is 2. The number of nitrogen functional groups attached to an aromatic ring is 1. The number of aromatic amines is 1. The van der Waals surface area contributed by atoms with E-state index >= 15 is 0 Å². The number of nitrogens with two attached hydrogens (primary N) is 1. The summed E-state index contributed by atoms with van der Waals surface area (Å²) >= 11 is 0. The molecule has 0 aliphatic heterocycles. The number of nitrogens with one attached hydrogen (secondary N) is 1. The maximum Gasteiger partial charge on any atom is 0.290 e. The fraction of sp³-hybridized carbons (Fsp3) is 0.333. The van der Waals surface area contributed by atoms with Gasteiger partial charge in [-0.15, -0.1) is 0 Å². The van der Waals surface area contributed by atoms with Gasteiger partial charge in [-0.3, -0.25) is 4.79 Å². The molecule has 54 valence electrons. The van der Waals surface area contributed by atoms with Crippen LogP contribution in [0.4, 0.5) is 5.82 Å². The highest BCUT2D eigenvalue weighted by molar-refractivity contribution is 5.26. The van der Waals surface area contributed by atoms with Gasteiger partial charge in [-0.05, 0) is 13.8 Å². The number of aryl methyl sites for hydroxylation is 2. The predicted molar refractivity (Wildman–Crippen MR) is 38.7 cm³/mol. The van der Waals surface area contributed by atoms with Crippen molar-refractivity contribution < 1.29 is 0 Å². The molecule has 0 saturated carbocycles. The molecule has 4 nitrogen and oxygen atoms in total. The van der Waals surface area contributed by atoms with Crippen molar-refractivity contribution >= 4 is 5.82 Å². The van der Waals surface area contributed by atoms with E-state index in [0.717, 1.165) is 11.4 Å². The van der Waals surface area contributed by atoms with Gasteiger partial charge >= 0.3 is 0 Å². The van der Waals surface area contributed by atoms with Gasteiger partial charge in [-0.2, -0.15) is 0 Å². The number of anilines is 1. The minimum absolute atomic E-state index is 0.0306. The molecule has 0 unspecified atom stereocenters. The molecule has 3 N–H and O–H groups in total. The Bertz CT molecular complexity index is 302. The van der Waals surface area contributed by atoms with E-state index in [4.69, 9.17) is 5.73 Å². The Morgan fingerprint density at radius 3 is 2.60 bits per heavy atom. The minimum atomic E-state index is -0.317. The summed E-state index contributed by atoms with van der Waals surface area (Å²) in [5.74, 6) is 0.0306. The number of H-pyrrole nitrogens is 1. The van der Waals surface area contributed by atoms with E-state index in [1.54, 1.807) is 13.8 Å². The lowest BCUT2D eigenvalue weighted by molar-refractivity contribution is 1.02. The van der Waals surface area contributed by atoms with Gasteiger partial charge in [0, 0.05) is 5.69 Å². The highest BCUT2D eigenvalue weighted by Crippen LogP contribution is 1.95. The third-order valence-electron chi connectivity index (χ3n) is 1.36. The van der Waals surface area contributed by atoms with E-state index in [-0.39, 0.29) is 11.4 Å². The Morgan fingerprint density at radius 1 is 1.50 bits per heavy atom. The second kappa shape index (κ2) is 2.13. The molecular formula is C6H9N3O. The lowest BCUT2D eigenvalue weighted by atomic mass is 10.3. The van der Waals surface area contributed by atoms with E-state index in [2.05, 4.69) is 9.97 Å². The summed E-state index contributed by atoms with van der Waals surface area (Å²) in [4.78, 5) is 17.1. The molecule has 0 aliphatic rings. The number of nitrogens with zero attached hydrogens (tertiary/aromatic N) is 1. The molecule has 0 saturated heterocycles. The predicted octanol–water partition coefficient (Wildman–Crippen LogP) is -0.0311. The van der Waals surface area contributed by atoms with Crippen LogP contribution in [0, 0.1) is 13.8 Å². The first-order chi connectivity index (χ1) is 4.61. The average Bonchev–Trinajstić information content (AvgIpc) is 1.84. The minimum Gasteiger partial charge on any atom is -0.379 e. The number of hydrogen-bond donors (Lipinski definition) is 2. The maximum absolute atomic E-state index is 10.7. The highest BCUT2D eigenvalue weighted by Gasteiger charge is 1.98. The fourth-order valence-electron chi connectivity index (χ4n) is 0.640. The Hall–Kier alpha value is -1.32. The van der Waals surface area contributed by atoms with Gasteiger partial charge in [0.25, 0.3) is 5.56 Å². The molecule has 0 aromatic carbocycles. The van der Waals surface area contributed by atoms with Gasteiger partial charge in [0.15, 0.2) is 5.82 Å². The van der Waals surface area contributed by atoms with Crippen molar-refractivity contribution in [3.05, 3.63) is 21.7 Å². The zero-order valence-corrected chi connectivity index (χ0v) is 5.93. The van der Waals surface area contributed by atoms with Gasteiger partial charge in [0.05, 0.1) is 5.69 Å². The average molecular weight is 139 g/mol. The van der Waals surface area contributed by atoms with E-state index in [0.29, 0.717) is 0 Å². The van der Waals surface area contributed by atoms with Crippen LogP contribution in [0.3, 0.4) is 0 Å². The zero-order chi connectivity index (χ0) is 7.72. The van der Waals surface area contributed by atoms with Crippen molar-refractivity contribution in [2.45, 2.75) is 13.8 Å². The van der Waals surface area contributed by atoms with Crippen LogP contribution in [0.25, 0.3) is 0 Å². The Kier molecular flexibility index (Phi) is 1.45. The summed E-state index contributed by atoms with van der Waals surface area (Å²) in [5.41, 5.74) is 6.44. The summed E-state index contributed by atoms with van der Waals surface area (Å²) < 4.78 is 0. The first-order valence-electron chi connectivity index (χ1n) is 2.94. The van der Waals surface area contributed by atoms with Crippen LogP contribution in [-0.2, 0) is 0 Å². The van der Waals surface area contributed by atoms with Crippen molar-refractivity contribution in [3.63, 3.8) is 0 Å². The van der Waals surface area contributed by atoms with E-state index in [9.17, 15) is 4.79 Å². The molecule has 1 heterocycles. The van der Waals surface area contributed by atoms with Crippen LogP contribution in [0.15, 0.2) is 4.79 Å². The zero-order valence-electron chi connectivity index (χ0n) is 5.93. The standard InChI is InChI=1S/C6H9N3O/c1-3-4(2)9-6(10)5(7)8-3/h1-2H3,(H2,7,8)(H,9,10). The molecule has 0 aliphatic carbocycles. The second-order valence-electron chi connectivity index (χ2n) is 2.16. The molecule has 0 bridgehead atoms. The lowest BCUT2D eigenvalue weighted by Gasteiger charge is -1.97. The molecule has 0 radical (unpaired) electrons. The Balaban J connectivity index is 3.43. The van der Waals surface area contributed by atoms with Gasteiger partial charge in [-0.25, -0.2) is 4.98 Å². The third kappa shape index (κ3) is 1.00. The van der Waals surface area contributed by atoms with Crippen molar-refractivity contribution in [2.24, 2.45) is 0 Å². The van der Waals surface area contributed by atoms with E-state index in [1.165, 1.54) is 0 Å². The van der Waals surface area contributed by atoms with Gasteiger partial charge < -0.3 is 10.7 Å². The van der Waals surface area contributed by atoms with Crippen molar-refractivity contribution in [1.29, 1.82) is 0 Å². The molecule has 4 heteroatoms. The van der Waals surface area contributed by atoms with E-state index < -0.39 is 0 Å². The fourth-order valence-corrected chi connectivity index (χ4v) is 0.640. The summed E-state index contributed by atoms with van der Waals surface area (Å²) in [6.45, 7) is 3.57. The number of rotatable bonds is 0. The van der Waals surface area contributed by atoms with Crippen LogP contribution >= 0.6 is 0 Å². The summed E-state index contributed by atoms with van der Waals surface area (Å²) in [6.07, 6.45) is 0. The maximum atomic E-state index is 10.7. The lowest BCUT2D eigenvalue weighted by Crippen LogP contribution is -2.16. The normalized spacial score (nSPS) is 9.80. The topological polar surface area (TPSA) is 71.8 Å². The molecule has 0 atom stereocenters. The first-order valence-corrected chi connectivity index (χ1v) is 2.94. The first kappa shape index (κ1) is 6.80. The number of hydrogen-bond acceptors (Lipinski definition) is 3. The quantitative estimate of drug-likeness (QED) is 0.530. The van der Waals surface area contributed by atoms with Crippen molar-refractivity contribution in [2.75, 3.05) is 5.73 Å². The smallest absolute Gasteiger partial charge is 0.290 e. The van der Waals surface area contributed by atoms with Gasteiger partial charge in [0.2, 0.25) is 0 Å².